The molecule has 2 fully saturated rings. The molecule has 16 nitrogen and oxygen atoms in total. The van der Waals surface area contributed by atoms with E-state index in [9.17, 15) is 33.6 Å². The zero-order valence-electron chi connectivity index (χ0n) is 39.9. The third-order valence-corrected chi connectivity index (χ3v) is 11.4. The Kier molecular flexibility index (Phi) is 18.8. The predicted octanol–water partition coefficient (Wildman–Crippen LogP) is 5.03. The summed E-state index contributed by atoms with van der Waals surface area (Å²) >= 11 is 0. The van der Waals surface area contributed by atoms with Crippen molar-refractivity contribution >= 4 is 41.7 Å². The van der Waals surface area contributed by atoms with Crippen LogP contribution in [0.4, 0.5) is 9.59 Å². The lowest BCUT2D eigenvalue weighted by Crippen LogP contribution is -2.59. The van der Waals surface area contributed by atoms with E-state index in [1.165, 1.54) is 0 Å². The number of likely N-dealkylation sites (tertiary alicyclic amines) is 2. The smallest absolute Gasteiger partial charge is 0.408 e. The second-order valence-electron chi connectivity index (χ2n) is 20.0. The van der Waals surface area contributed by atoms with Gasteiger partial charge in [-0.2, -0.15) is 0 Å². The highest BCUT2D eigenvalue weighted by Gasteiger charge is 2.46. The summed E-state index contributed by atoms with van der Waals surface area (Å²) in [6.07, 6.45) is 1.88. The Morgan fingerprint density at radius 1 is 0.615 bits per heavy atom. The molecule has 2 aliphatic heterocycles. The number of carbonyl (C=O) groups excluding carboxylic acids is 7. The lowest BCUT2D eigenvalue weighted by molar-refractivity contribution is -0.137. The normalized spacial score (nSPS) is 18.0. The molecule has 5 N–H and O–H groups in total. The first-order valence-corrected chi connectivity index (χ1v) is 23.0. The molecule has 2 heterocycles. The lowest BCUT2D eigenvalue weighted by Gasteiger charge is -2.30. The van der Waals surface area contributed by atoms with Crippen LogP contribution >= 0.6 is 0 Å². The number of hydrogen-bond acceptors (Lipinski definition) is 9. The molecule has 2 aromatic rings. The third-order valence-electron chi connectivity index (χ3n) is 11.4. The van der Waals surface area contributed by atoms with Crippen molar-refractivity contribution in [1.29, 1.82) is 0 Å². The molecule has 5 atom stereocenters. The zero-order chi connectivity index (χ0) is 48.0. The number of nitrogens with one attached hydrogen (secondary N) is 5. The van der Waals surface area contributed by atoms with Crippen LogP contribution < -0.4 is 26.6 Å². The molecule has 2 aromatic carbocycles. The Hall–Kier alpha value is -5.67. The number of unbranched alkanes of at least 4 members (excludes halogenated alkanes) is 1. The summed E-state index contributed by atoms with van der Waals surface area (Å²) in [5, 5.41) is 14.2. The molecule has 0 saturated carbocycles. The highest BCUT2D eigenvalue weighted by atomic mass is 16.6. The summed E-state index contributed by atoms with van der Waals surface area (Å²) in [6.45, 7) is 18.3. The monoisotopic (exact) mass is 904 g/mol. The second kappa shape index (κ2) is 23.5. The third kappa shape index (κ3) is 17.7. The number of benzene rings is 2. The molecule has 2 saturated heterocycles. The van der Waals surface area contributed by atoms with Gasteiger partial charge in [-0.05, 0) is 97.1 Å². The van der Waals surface area contributed by atoms with Crippen LogP contribution in [0.15, 0.2) is 60.7 Å². The standard InChI is InChI=1S/C49H73N7O9/c1-33(2)28-38(41(58)51-37(22-16-17-25-50-45(62)64-47(4,5)6)44(61)56-27-24-49(32-56)23-26-55(31-49)34(3)57)52-42(59)39(29-35-18-12-10-13-19-35)53-43(60)40(30-36-20-14-11-15-21-36)54-46(63)65-48(7,8)9/h10-15,18-21,33,37-40H,16-17,22-32H2,1-9H3,(H,50,62)(H,51,58)(H,52,59)(H,53,60)(H,54,63)/t37-,38-,39-,40-,49?/m1/s1. The predicted molar refractivity (Wildman–Crippen MR) is 247 cm³/mol. The Morgan fingerprint density at radius 3 is 1.58 bits per heavy atom. The van der Waals surface area contributed by atoms with Gasteiger partial charge in [0.05, 0.1) is 0 Å². The second-order valence-corrected chi connectivity index (χ2v) is 20.0. The van der Waals surface area contributed by atoms with Crippen molar-refractivity contribution in [2.24, 2.45) is 11.3 Å². The quantitative estimate of drug-likeness (QED) is 0.120. The van der Waals surface area contributed by atoms with Gasteiger partial charge in [-0.1, -0.05) is 74.5 Å². The number of nitrogens with zero attached hydrogens (tertiary/aromatic N) is 2. The van der Waals surface area contributed by atoms with Gasteiger partial charge in [0.1, 0.15) is 35.4 Å². The Labute approximate surface area is 385 Å². The van der Waals surface area contributed by atoms with Crippen molar-refractivity contribution in [3.05, 3.63) is 71.8 Å². The zero-order valence-corrected chi connectivity index (χ0v) is 39.9. The summed E-state index contributed by atoms with van der Waals surface area (Å²) in [7, 11) is 0. The molecule has 1 unspecified atom stereocenters. The van der Waals surface area contributed by atoms with Crippen molar-refractivity contribution in [3.63, 3.8) is 0 Å². The molecular formula is C49H73N7O9. The molecule has 16 heteroatoms. The Bertz CT molecular complexity index is 1930. The Morgan fingerprint density at radius 2 is 1.08 bits per heavy atom. The van der Waals surface area contributed by atoms with Crippen molar-refractivity contribution in [1.82, 2.24) is 36.4 Å². The van der Waals surface area contributed by atoms with E-state index < -0.39 is 65.3 Å². The van der Waals surface area contributed by atoms with E-state index in [0.29, 0.717) is 45.6 Å². The minimum atomic E-state index is -1.16. The maximum Gasteiger partial charge on any atom is 0.408 e. The largest absolute Gasteiger partial charge is 0.444 e. The summed E-state index contributed by atoms with van der Waals surface area (Å²) < 4.78 is 10.8. The maximum absolute atomic E-state index is 14.4. The first kappa shape index (κ1) is 52.0. The van der Waals surface area contributed by atoms with Crippen LogP contribution in [0.3, 0.4) is 0 Å². The summed E-state index contributed by atoms with van der Waals surface area (Å²) in [6, 6.07) is 14.0. The van der Waals surface area contributed by atoms with Crippen LogP contribution in [-0.2, 0) is 46.3 Å². The minimum absolute atomic E-state index is 0.00469. The number of ether oxygens (including phenoxy) is 2. The van der Waals surface area contributed by atoms with Crippen LogP contribution in [0.5, 0.6) is 0 Å². The van der Waals surface area contributed by atoms with Crippen molar-refractivity contribution < 1.29 is 43.0 Å². The molecule has 0 aliphatic carbocycles. The van der Waals surface area contributed by atoms with Gasteiger partial charge >= 0.3 is 12.2 Å². The first-order chi connectivity index (χ1) is 30.5. The highest BCUT2D eigenvalue weighted by Crippen LogP contribution is 2.39. The fourth-order valence-electron chi connectivity index (χ4n) is 8.20. The minimum Gasteiger partial charge on any atom is -0.444 e. The van der Waals surface area contributed by atoms with E-state index in [4.69, 9.17) is 9.47 Å². The van der Waals surface area contributed by atoms with Crippen molar-refractivity contribution in [3.8, 4) is 0 Å². The SMILES string of the molecule is CC(=O)N1CCC2(CCN(C(=O)[C@@H](CCCCNC(=O)OC(C)(C)C)NC(=O)[C@@H](CC(C)C)NC(=O)[C@@H](Cc3ccccc3)NC(=O)[C@@H](Cc3ccccc3)NC(=O)OC(C)(C)C)C2)C1. The van der Waals surface area contributed by atoms with E-state index >= 15 is 0 Å². The topological polar surface area (TPSA) is 205 Å². The average Bonchev–Trinajstić information content (AvgIpc) is 3.84. The molecule has 7 amide bonds. The van der Waals surface area contributed by atoms with Gasteiger partial charge in [-0.3, -0.25) is 24.0 Å². The molecule has 65 heavy (non-hydrogen) atoms. The average molecular weight is 904 g/mol. The van der Waals surface area contributed by atoms with Crippen LogP contribution in [0.1, 0.15) is 112 Å². The summed E-state index contributed by atoms with van der Waals surface area (Å²) in [5.41, 5.74) is -0.162. The van der Waals surface area contributed by atoms with Crippen LogP contribution in [0.2, 0.25) is 0 Å². The van der Waals surface area contributed by atoms with Gasteiger partial charge in [-0.25, -0.2) is 9.59 Å². The first-order valence-electron chi connectivity index (χ1n) is 23.0. The molecule has 4 rings (SSSR count). The van der Waals surface area contributed by atoms with Gasteiger partial charge < -0.3 is 45.9 Å². The molecular weight excluding hydrogens is 831 g/mol. The molecule has 0 aromatic heterocycles. The summed E-state index contributed by atoms with van der Waals surface area (Å²) in [4.78, 5) is 98.4. The van der Waals surface area contributed by atoms with E-state index in [1.807, 2.05) is 79.4 Å². The number of amides is 7. The number of alkyl carbamates (subject to hydrolysis) is 2. The number of carbonyl (C=O) groups is 7. The summed E-state index contributed by atoms with van der Waals surface area (Å²) in [5.74, 6) is -2.09. The van der Waals surface area contributed by atoms with Crippen LogP contribution in [-0.4, -0.2) is 120 Å². The molecule has 2 aliphatic rings. The molecule has 0 bridgehead atoms. The van der Waals surface area contributed by atoms with E-state index in [-0.39, 0.29) is 48.8 Å². The lowest BCUT2D eigenvalue weighted by atomic mass is 9.86. The van der Waals surface area contributed by atoms with Gasteiger partial charge in [0.15, 0.2) is 0 Å². The van der Waals surface area contributed by atoms with E-state index in [1.54, 1.807) is 53.4 Å². The fraction of sp³-hybridized carbons (Fsp3) is 0.612. The molecule has 358 valence electrons. The molecule has 0 radical (unpaired) electrons. The molecule has 1 spiro atoms. The van der Waals surface area contributed by atoms with Crippen LogP contribution in [0, 0.1) is 11.3 Å². The van der Waals surface area contributed by atoms with Crippen LogP contribution in [0.25, 0.3) is 0 Å². The highest BCUT2D eigenvalue weighted by molar-refractivity contribution is 5.95. The fourth-order valence-corrected chi connectivity index (χ4v) is 8.20. The maximum atomic E-state index is 14.4. The van der Waals surface area contributed by atoms with Gasteiger partial charge in [0.2, 0.25) is 29.5 Å². The number of rotatable bonds is 19. The van der Waals surface area contributed by atoms with Crippen molar-refractivity contribution in [2.75, 3.05) is 32.7 Å². The Balaban J connectivity index is 1.55. The van der Waals surface area contributed by atoms with Gasteiger partial charge in [0, 0.05) is 57.9 Å². The van der Waals surface area contributed by atoms with Crippen molar-refractivity contribution in [2.45, 2.75) is 149 Å². The van der Waals surface area contributed by atoms with E-state index in [0.717, 1.165) is 24.0 Å². The van der Waals surface area contributed by atoms with E-state index in [2.05, 4.69) is 26.6 Å². The van der Waals surface area contributed by atoms with Gasteiger partial charge in [-0.15, -0.1) is 0 Å². The van der Waals surface area contributed by atoms with Gasteiger partial charge in [0.25, 0.3) is 0 Å². The number of hydrogen-bond donors (Lipinski definition) is 5.